The average Bonchev–Trinajstić information content (AvgIpc) is 2.31. The lowest BCUT2D eigenvalue weighted by atomic mass is 10.1. The van der Waals surface area contributed by atoms with Gasteiger partial charge in [0.1, 0.15) is 5.75 Å². The quantitative estimate of drug-likeness (QED) is 0.842. The summed E-state index contributed by atoms with van der Waals surface area (Å²) in [6.45, 7) is 3.38. The number of hydrogen-bond donors (Lipinski definition) is 1. The standard InChI is InChI=1S/C13H20BrNO2/c1-10(7-9-16-2)17-13-11(6-8-15)4-3-5-12(13)14/h3-5,10H,6-9,15H2,1-2H3. The van der Waals surface area contributed by atoms with E-state index in [4.69, 9.17) is 15.2 Å². The fourth-order valence-corrected chi connectivity index (χ4v) is 2.08. The summed E-state index contributed by atoms with van der Waals surface area (Å²) in [4.78, 5) is 0. The van der Waals surface area contributed by atoms with E-state index in [9.17, 15) is 0 Å². The molecule has 1 rings (SSSR count). The zero-order valence-corrected chi connectivity index (χ0v) is 12.0. The largest absolute Gasteiger partial charge is 0.489 e. The van der Waals surface area contributed by atoms with E-state index in [0.717, 1.165) is 28.6 Å². The van der Waals surface area contributed by atoms with Gasteiger partial charge in [-0.25, -0.2) is 0 Å². The molecule has 0 bridgehead atoms. The Labute approximate surface area is 111 Å². The van der Waals surface area contributed by atoms with Crippen LogP contribution in [0.2, 0.25) is 0 Å². The van der Waals surface area contributed by atoms with Crippen molar-refractivity contribution in [2.45, 2.75) is 25.9 Å². The van der Waals surface area contributed by atoms with E-state index in [1.54, 1.807) is 7.11 Å². The highest BCUT2D eigenvalue weighted by Gasteiger charge is 2.11. The van der Waals surface area contributed by atoms with Crippen molar-refractivity contribution in [2.75, 3.05) is 20.3 Å². The van der Waals surface area contributed by atoms with Gasteiger partial charge in [-0.3, -0.25) is 0 Å². The third-order valence-electron chi connectivity index (χ3n) is 2.51. The predicted molar refractivity (Wildman–Crippen MR) is 73.5 cm³/mol. The van der Waals surface area contributed by atoms with Gasteiger partial charge in [-0.1, -0.05) is 12.1 Å². The van der Waals surface area contributed by atoms with Gasteiger partial charge in [0, 0.05) is 20.1 Å². The molecular formula is C13H20BrNO2. The zero-order valence-electron chi connectivity index (χ0n) is 10.4. The second kappa shape index (κ2) is 7.69. The smallest absolute Gasteiger partial charge is 0.137 e. The molecule has 0 aliphatic carbocycles. The third kappa shape index (κ3) is 4.66. The number of benzene rings is 1. The first-order valence-electron chi connectivity index (χ1n) is 5.82. The van der Waals surface area contributed by atoms with Gasteiger partial charge >= 0.3 is 0 Å². The van der Waals surface area contributed by atoms with Crippen LogP contribution >= 0.6 is 15.9 Å². The van der Waals surface area contributed by atoms with E-state index < -0.39 is 0 Å². The van der Waals surface area contributed by atoms with Crippen LogP contribution in [-0.2, 0) is 11.2 Å². The number of rotatable bonds is 7. The van der Waals surface area contributed by atoms with Crippen molar-refractivity contribution >= 4 is 15.9 Å². The summed E-state index contributed by atoms with van der Waals surface area (Å²) < 4.78 is 12.0. The van der Waals surface area contributed by atoms with Crippen LogP contribution in [0.15, 0.2) is 22.7 Å². The molecule has 1 aromatic carbocycles. The number of methoxy groups -OCH3 is 1. The summed E-state index contributed by atoms with van der Waals surface area (Å²) in [5.74, 6) is 0.904. The monoisotopic (exact) mass is 301 g/mol. The van der Waals surface area contributed by atoms with Crippen LogP contribution in [0.25, 0.3) is 0 Å². The van der Waals surface area contributed by atoms with E-state index in [0.29, 0.717) is 13.2 Å². The molecule has 0 amide bonds. The molecule has 0 heterocycles. The van der Waals surface area contributed by atoms with Crippen LogP contribution in [0.3, 0.4) is 0 Å². The number of ether oxygens (including phenoxy) is 2. The topological polar surface area (TPSA) is 44.5 Å². The first-order chi connectivity index (χ1) is 8.19. The Bertz CT molecular complexity index is 344. The Balaban J connectivity index is 2.73. The highest BCUT2D eigenvalue weighted by molar-refractivity contribution is 9.10. The second-order valence-electron chi connectivity index (χ2n) is 3.98. The van der Waals surface area contributed by atoms with E-state index in [1.807, 2.05) is 19.1 Å². The van der Waals surface area contributed by atoms with Gasteiger partial charge in [0.2, 0.25) is 0 Å². The maximum atomic E-state index is 5.95. The maximum absolute atomic E-state index is 5.95. The van der Waals surface area contributed by atoms with Crippen LogP contribution < -0.4 is 10.5 Å². The van der Waals surface area contributed by atoms with Gasteiger partial charge in [0.25, 0.3) is 0 Å². The third-order valence-corrected chi connectivity index (χ3v) is 3.13. The average molecular weight is 302 g/mol. The normalized spacial score (nSPS) is 12.5. The molecule has 0 aliphatic heterocycles. The van der Waals surface area contributed by atoms with Gasteiger partial charge in [-0.2, -0.15) is 0 Å². The molecular weight excluding hydrogens is 282 g/mol. The van der Waals surface area contributed by atoms with Gasteiger partial charge in [0.15, 0.2) is 0 Å². The molecule has 0 fully saturated rings. The first kappa shape index (κ1) is 14.5. The molecule has 17 heavy (non-hydrogen) atoms. The Hall–Kier alpha value is -0.580. The number of nitrogens with two attached hydrogens (primary N) is 1. The highest BCUT2D eigenvalue weighted by Crippen LogP contribution is 2.30. The van der Waals surface area contributed by atoms with Gasteiger partial charge < -0.3 is 15.2 Å². The summed E-state index contributed by atoms with van der Waals surface area (Å²) in [6.07, 6.45) is 1.83. The molecule has 1 atom stereocenters. The minimum absolute atomic E-state index is 0.130. The van der Waals surface area contributed by atoms with Crippen molar-refractivity contribution in [1.29, 1.82) is 0 Å². The Morgan fingerprint density at radius 1 is 1.41 bits per heavy atom. The molecule has 2 N–H and O–H groups in total. The SMILES string of the molecule is COCCC(C)Oc1c(Br)cccc1CCN. The van der Waals surface area contributed by atoms with Gasteiger partial charge in [0.05, 0.1) is 10.6 Å². The second-order valence-corrected chi connectivity index (χ2v) is 4.83. The van der Waals surface area contributed by atoms with E-state index in [1.165, 1.54) is 0 Å². The van der Waals surface area contributed by atoms with E-state index in [-0.39, 0.29) is 6.10 Å². The molecule has 0 spiro atoms. The maximum Gasteiger partial charge on any atom is 0.137 e. The van der Waals surface area contributed by atoms with Crippen LogP contribution in [0.4, 0.5) is 0 Å². The molecule has 0 radical (unpaired) electrons. The van der Waals surface area contributed by atoms with E-state index in [2.05, 4.69) is 22.0 Å². The molecule has 1 unspecified atom stereocenters. The van der Waals surface area contributed by atoms with Crippen LogP contribution in [0, 0.1) is 0 Å². The summed E-state index contributed by atoms with van der Waals surface area (Å²) in [7, 11) is 1.70. The summed E-state index contributed by atoms with van der Waals surface area (Å²) in [5, 5.41) is 0. The Morgan fingerprint density at radius 2 is 2.18 bits per heavy atom. The minimum Gasteiger partial charge on any atom is -0.489 e. The molecule has 3 nitrogen and oxygen atoms in total. The van der Waals surface area contributed by atoms with Crippen LogP contribution in [0.5, 0.6) is 5.75 Å². The van der Waals surface area contributed by atoms with Gasteiger partial charge in [-0.05, 0) is 47.4 Å². The lowest BCUT2D eigenvalue weighted by Gasteiger charge is -2.18. The Kier molecular flexibility index (Phi) is 6.55. The van der Waals surface area contributed by atoms with Crippen molar-refractivity contribution in [3.05, 3.63) is 28.2 Å². The minimum atomic E-state index is 0.130. The highest BCUT2D eigenvalue weighted by atomic mass is 79.9. The van der Waals surface area contributed by atoms with Crippen molar-refractivity contribution < 1.29 is 9.47 Å². The van der Waals surface area contributed by atoms with Crippen molar-refractivity contribution in [3.8, 4) is 5.75 Å². The van der Waals surface area contributed by atoms with Crippen molar-refractivity contribution in [1.82, 2.24) is 0 Å². The predicted octanol–water partition coefficient (Wildman–Crippen LogP) is 2.75. The van der Waals surface area contributed by atoms with Crippen molar-refractivity contribution in [3.63, 3.8) is 0 Å². The fourth-order valence-electron chi connectivity index (χ4n) is 1.58. The summed E-state index contributed by atoms with van der Waals surface area (Å²) >= 11 is 3.52. The lowest BCUT2D eigenvalue weighted by molar-refractivity contribution is 0.134. The summed E-state index contributed by atoms with van der Waals surface area (Å²) in [6, 6.07) is 6.04. The number of halogens is 1. The lowest BCUT2D eigenvalue weighted by Crippen LogP contribution is -2.16. The molecule has 0 aliphatic rings. The molecule has 96 valence electrons. The van der Waals surface area contributed by atoms with Crippen LogP contribution in [-0.4, -0.2) is 26.4 Å². The van der Waals surface area contributed by atoms with Gasteiger partial charge in [-0.15, -0.1) is 0 Å². The molecule has 0 saturated carbocycles. The molecule has 0 saturated heterocycles. The first-order valence-corrected chi connectivity index (χ1v) is 6.61. The number of hydrogen-bond acceptors (Lipinski definition) is 3. The zero-order chi connectivity index (χ0) is 12.7. The fraction of sp³-hybridized carbons (Fsp3) is 0.538. The van der Waals surface area contributed by atoms with E-state index >= 15 is 0 Å². The molecule has 4 heteroatoms. The number of para-hydroxylation sites is 1. The van der Waals surface area contributed by atoms with Crippen LogP contribution in [0.1, 0.15) is 18.9 Å². The summed E-state index contributed by atoms with van der Waals surface area (Å²) in [5.41, 5.74) is 6.74. The Morgan fingerprint density at radius 3 is 2.82 bits per heavy atom. The molecule has 1 aromatic rings. The molecule has 0 aromatic heterocycles. The van der Waals surface area contributed by atoms with Crippen molar-refractivity contribution in [2.24, 2.45) is 5.73 Å².